The molecular formula is C19H20O5. The van der Waals surface area contributed by atoms with Crippen LogP contribution in [0.1, 0.15) is 15.9 Å². The molecule has 0 saturated carbocycles. The van der Waals surface area contributed by atoms with E-state index in [0.717, 1.165) is 5.56 Å². The van der Waals surface area contributed by atoms with Gasteiger partial charge in [-0.2, -0.15) is 0 Å². The highest BCUT2D eigenvalue weighted by atomic mass is 16.5. The fourth-order valence-corrected chi connectivity index (χ4v) is 2.28. The van der Waals surface area contributed by atoms with Crippen molar-refractivity contribution in [2.75, 3.05) is 28.4 Å². The average Bonchev–Trinajstić information content (AvgIpc) is 2.64. The van der Waals surface area contributed by atoms with Crippen LogP contribution in [-0.2, 0) is 0 Å². The Labute approximate surface area is 141 Å². The Kier molecular flexibility index (Phi) is 5.84. The molecule has 0 atom stereocenters. The lowest BCUT2D eigenvalue weighted by atomic mass is 10.1. The van der Waals surface area contributed by atoms with Crippen LogP contribution in [0.5, 0.6) is 23.0 Å². The van der Waals surface area contributed by atoms with Crippen LogP contribution in [0, 0.1) is 0 Å². The van der Waals surface area contributed by atoms with Crippen molar-refractivity contribution >= 4 is 11.9 Å². The first kappa shape index (κ1) is 17.4. The molecular weight excluding hydrogens is 308 g/mol. The monoisotopic (exact) mass is 328 g/mol. The Bertz CT molecular complexity index is 749. The van der Waals surface area contributed by atoms with E-state index in [1.165, 1.54) is 27.4 Å². The van der Waals surface area contributed by atoms with Gasteiger partial charge in [-0.15, -0.1) is 0 Å². The highest BCUT2D eigenvalue weighted by Crippen LogP contribution is 2.35. The van der Waals surface area contributed by atoms with Crippen LogP contribution in [-0.4, -0.2) is 34.2 Å². The summed E-state index contributed by atoms with van der Waals surface area (Å²) in [5, 5.41) is 0. The standard InChI is InChI=1S/C19H20O5/c1-21-16-8-6-5-7-13(16)9-10-15(20)14-11-18(23-3)19(24-4)12-17(14)22-2/h5-12H,1-4H3/b10-9+. The Morgan fingerprint density at radius 1 is 0.792 bits per heavy atom. The number of benzene rings is 2. The van der Waals surface area contributed by atoms with Gasteiger partial charge in [0.25, 0.3) is 0 Å². The third-order valence-corrected chi connectivity index (χ3v) is 3.52. The summed E-state index contributed by atoms with van der Waals surface area (Å²) in [6.07, 6.45) is 3.18. The zero-order valence-electron chi connectivity index (χ0n) is 14.2. The Morgan fingerprint density at radius 3 is 2.00 bits per heavy atom. The molecule has 0 aromatic heterocycles. The third-order valence-electron chi connectivity index (χ3n) is 3.52. The molecule has 0 aliphatic heterocycles. The number of ketones is 1. The average molecular weight is 328 g/mol. The van der Waals surface area contributed by atoms with Gasteiger partial charge in [0.15, 0.2) is 17.3 Å². The van der Waals surface area contributed by atoms with Crippen LogP contribution < -0.4 is 18.9 Å². The molecule has 0 aliphatic carbocycles. The molecule has 0 saturated heterocycles. The molecule has 0 bridgehead atoms. The van der Waals surface area contributed by atoms with E-state index in [-0.39, 0.29) is 5.78 Å². The Balaban J connectivity index is 2.37. The van der Waals surface area contributed by atoms with Crippen molar-refractivity contribution in [3.05, 3.63) is 53.6 Å². The summed E-state index contributed by atoms with van der Waals surface area (Å²) in [4.78, 5) is 12.6. The maximum atomic E-state index is 12.6. The van der Waals surface area contributed by atoms with Crippen molar-refractivity contribution < 1.29 is 23.7 Å². The van der Waals surface area contributed by atoms with Gasteiger partial charge in [0.1, 0.15) is 11.5 Å². The van der Waals surface area contributed by atoms with Gasteiger partial charge < -0.3 is 18.9 Å². The maximum absolute atomic E-state index is 12.6. The van der Waals surface area contributed by atoms with Gasteiger partial charge >= 0.3 is 0 Å². The molecule has 0 heterocycles. The van der Waals surface area contributed by atoms with E-state index < -0.39 is 0 Å². The first-order valence-corrected chi connectivity index (χ1v) is 7.30. The van der Waals surface area contributed by atoms with Gasteiger partial charge in [-0.1, -0.05) is 18.2 Å². The molecule has 0 radical (unpaired) electrons. The minimum absolute atomic E-state index is 0.210. The van der Waals surface area contributed by atoms with E-state index >= 15 is 0 Å². The largest absolute Gasteiger partial charge is 0.496 e. The first-order valence-electron chi connectivity index (χ1n) is 7.30. The lowest BCUT2D eigenvalue weighted by Gasteiger charge is -2.12. The number of ether oxygens (including phenoxy) is 4. The van der Waals surface area contributed by atoms with Crippen LogP contribution in [0.25, 0.3) is 6.08 Å². The predicted octanol–water partition coefficient (Wildman–Crippen LogP) is 3.62. The zero-order valence-corrected chi connectivity index (χ0v) is 14.2. The predicted molar refractivity (Wildman–Crippen MR) is 92.5 cm³/mol. The number of para-hydroxylation sites is 1. The zero-order chi connectivity index (χ0) is 17.5. The van der Waals surface area contributed by atoms with Gasteiger partial charge in [0, 0.05) is 11.6 Å². The SMILES string of the molecule is COc1ccccc1/C=C/C(=O)c1cc(OC)c(OC)cc1OC. The Hall–Kier alpha value is -2.95. The van der Waals surface area contributed by atoms with Gasteiger partial charge in [0.2, 0.25) is 0 Å². The highest BCUT2D eigenvalue weighted by molar-refractivity contribution is 6.09. The number of hydrogen-bond donors (Lipinski definition) is 0. The molecule has 2 aromatic carbocycles. The third kappa shape index (κ3) is 3.68. The lowest BCUT2D eigenvalue weighted by Crippen LogP contribution is -2.01. The number of allylic oxidation sites excluding steroid dienone is 1. The number of hydrogen-bond acceptors (Lipinski definition) is 5. The van der Waals surface area contributed by atoms with Gasteiger partial charge in [-0.3, -0.25) is 4.79 Å². The summed E-state index contributed by atoms with van der Waals surface area (Å²) < 4.78 is 21.0. The van der Waals surface area contributed by atoms with Crippen molar-refractivity contribution in [2.45, 2.75) is 0 Å². The summed E-state index contributed by atoms with van der Waals surface area (Å²) in [5.74, 6) is 1.87. The molecule has 24 heavy (non-hydrogen) atoms. The quantitative estimate of drug-likeness (QED) is 0.574. The highest BCUT2D eigenvalue weighted by Gasteiger charge is 2.16. The second-order valence-electron chi connectivity index (χ2n) is 4.85. The molecule has 0 amide bonds. The molecule has 5 heteroatoms. The van der Waals surface area contributed by atoms with Crippen LogP contribution in [0.3, 0.4) is 0 Å². The summed E-state index contributed by atoms with van der Waals surface area (Å²) >= 11 is 0. The van der Waals surface area contributed by atoms with Crippen molar-refractivity contribution in [1.29, 1.82) is 0 Å². The van der Waals surface area contributed by atoms with Crippen molar-refractivity contribution in [3.63, 3.8) is 0 Å². The molecule has 0 N–H and O–H groups in total. The number of carbonyl (C=O) groups is 1. The molecule has 5 nitrogen and oxygen atoms in total. The van der Waals surface area contributed by atoms with Crippen molar-refractivity contribution in [2.24, 2.45) is 0 Å². The molecule has 126 valence electrons. The lowest BCUT2D eigenvalue weighted by molar-refractivity contribution is 0.104. The van der Waals surface area contributed by atoms with E-state index in [9.17, 15) is 4.79 Å². The maximum Gasteiger partial charge on any atom is 0.189 e. The summed E-state index contributed by atoms with van der Waals surface area (Å²) in [6.45, 7) is 0. The smallest absolute Gasteiger partial charge is 0.189 e. The first-order chi connectivity index (χ1) is 11.6. The number of rotatable bonds is 7. The number of carbonyl (C=O) groups excluding carboxylic acids is 1. The second kappa shape index (κ2) is 8.06. The van der Waals surface area contributed by atoms with E-state index in [1.807, 2.05) is 24.3 Å². The Morgan fingerprint density at radius 2 is 1.38 bits per heavy atom. The van der Waals surface area contributed by atoms with E-state index in [0.29, 0.717) is 28.6 Å². The summed E-state index contributed by atoms with van der Waals surface area (Å²) in [5.41, 5.74) is 1.20. The summed E-state index contributed by atoms with van der Waals surface area (Å²) in [7, 11) is 6.14. The van der Waals surface area contributed by atoms with Crippen LogP contribution >= 0.6 is 0 Å². The minimum Gasteiger partial charge on any atom is -0.496 e. The minimum atomic E-state index is -0.210. The van der Waals surface area contributed by atoms with Gasteiger partial charge in [-0.25, -0.2) is 0 Å². The fourth-order valence-electron chi connectivity index (χ4n) is 2.28. The van der Waals surface area contributed by atoms with E-state index in [2.05, 4.69) is 0 Å². The normalized spacial score (nSPS) is 10.5. The molecule has 0 fully saturated rings. The van der Waals surface area contributed by atoms with Crippen molar-refractivity contribution in [3.8, 4) is 23.0 Å². The van der Waals surface area contributed by atoms with Gasteiger partial charge in [-0.05, 0) is 24.3 Å². The van der Waals surface area contributed by atoms with Crippen LogP contribution in [0.4, 0.5) is 0 Å². The topological polar surface area (TPSA) is 54.0 Å². The summed E-state index contributed by atoms with van der Waals surface area (Å²) in [6, 6.07) is 10.7. The van der Waals surface area contributed by atoms with E-state index in [1.54, 1.807) is 25.3 Å². The van der Waals surface area contributed by atoms with Gasteiger partial charge in [0.05, 0.1) is 34.0 Å². The molecule has 0 unspecified atom stereocenters. The molecule has 2 rings (SSSR count). The second-order valence-corrected chi connectivity index (χ2v) is 4.85. The van der Waals surface area contributed by atoms with Crippen LogP contribution in [0.2, 0.25) is 0 Å². The molecule has 0 aliphatic rings. The van der Waals surface area contributed by atoms with Crippen molar-refractivity contribution in [1.82, 2.24) is 0 Å². The van der Waals surface area contributed by atoms with E-state index in [4.69, 9.17) is 18.9 Å². The molecule has 0 spiro atoms. The van der Waals surface area contributed by atoms with Crippen LogP contribution in [0.15, 0.2) is 42.5 Å². The number of methoxy groups -OCH3 is 4. The molecule has 2 aromatic rings. The fraction of sp³-hybridized carbons (Fsp3) is 0.211.